The van der Waals surface area contributed by atoms with Crippen LogP contribution in [-0.2, 0) is 16.6 Å². The average Bonchev–Trinajstić information content (AvgIpc) is 3.61. The molecule has 7 heteroatoms. The molecule has 0 radical (unpaired) electrons. The second-order valence-electron chi connectivity index (χ2n) is 8.12. The van der Waals surface area contributed by atoms with Crippen molar-refractivity contribution in [3.05, 3.63) is 42.5 Å². The van der Waals surface area contributed by atoms with Gasteiger partial charge in [-0.1, -0.05) is 12.1 Å². The summed E-state index contributed by atoms with van der Waals surface area (Å²) in [6, 6.07) is 13.5. The Balaban J connectivity index is 1.55. The molecule has 3 N–H and O–H groups in total. The van der Waals surface area contributed by atoms with Crippen molar-refractivity contribution >= 4 is 32.3 Å². The highest BCUT2D eigenvalue weighted by Gasteiger charge is 2.35. The normalized spacial score (nSPS) is 16.9. The first kappa shape index (κ1) is 18.4. The molecule has 5 rings (SSSR count). The van der Waals surface area contributed by atoms with Crippen LogP contribution in [0, 0.1) is 5.92 Å². The lowest BCUT2D eigenvalue weighted by Crippen LogP contribution is -2.17. The molecule has 2 aliphatic rings. The first-order valence-corrected chi connectivity index (χ1v) is 11.6. The number of hydrogen-bond donors (Lipinski definition) is 2. The molecule has 0 aliphatic heterocycles. The van der Waals surface area contributed by atoms with Gasteiger partial charge in [-0.25, -0.2) is 8.42 Å². The van der Waals surface area contributed by atoms with Crippen LogP contribution in [0.4, 0.5) is 11.4 Å². The van der Waals surface area contributed by atoms with E-state index >= 15 is 0 Å². The zero-order valence-corrected chi connectivity index (χ0v) is 17.2. The molecule has 0 bridgehead atoms. The van der Waals surface area contributed by atoms with Gasteiger partial charge in [0.25, 0.3) is 0 Å². The van der Waals surface area contributed by atoms with Crippen LogP contribution in [0.3, 0.4) is 0 Å². The maximum atomic E-state index is 12.2. The van der Waals surface area contributed by atoms with Gasteiger partial charge in [-0.2, -0.15) is 0 Å². The summed E-state index contributed by atoms with van der Waals surface area (Å²) < 4.78 is 34.8. The lowest BCUT2D eigenvalue weighted by atomic mass is 10.1. The minimum atomic E-state index is -3.26. The van der Waals surface area contributed by atoms with Gasteiger partial charge in [-0.05, 0) is 55.9 Å². The molecule has 3 aromatic rings. The second-order valence-corrected chi connectivity index (χ2v) is 10.1. The number of methoxy groups -OCH3 is 1. The molecule has 6 nitrogen and oxygen atoms in total. The maximum Gasteiger partial charge on any atom is 0.235 e. The second kappa shape index (κ2) is 6.69. The van der Waals surface area contributed by atoms with E-state index in [9.17, 15) is 8.42 Å². The van der Waals surface area contributed by atoms with Crippen molar-refractivity contribution in [1.82, 2.24) is 4.57 Å². The number of nitrogens with zero attached hydrogens (tertiary/aromatic N) is 1. The fourth-order valence-corrected chi connectivity index (χ4v) is 5.25. The first-order valence-electron chi connectivity index (χ1n) is 10.0. The summed E-state index contributed by atoms with van der Waals surface area (Å²) in [6.45, 7) is 0.923. The topological polar surface area (TPSA) is 86.3 Å². The minimum Gasteiger partial charge on any atom is -0.497 e. The van der Waals surface area contributed by atoms with E-state index in [0.717, 1.165) is 53.0 Å². The Morgan fingerprint density at radius 3 is 2.45 bits per heavy atom. The molecule has 0 spiro atoms. The van der Waals surface area contributed by atoms with Crippen molar-refractivity contribution in [2.24, 2.45) is 5.92 Å². The van der Waals surface area contributed by atoms with Crippen molar-refractivity contribution in [3.63, 3.8) is 0 Å². The molecule has 1 heterocycles. The van der Waals surface area contributed by atoms with Crippen LogP contribution in [0.5, 0.6) is 5.75 Å². The number of nitrogen functional groups attached to an aromatic ring is 1. The number of sulfonamides is 1. The zero-order valence-electron chi connectivity index (χ0n) is 16.4. The number of benzene rings is 2. The Kier molecular flexibility index (Phi) is 4.24. The SMILES string of the molecule is COc1ccc2c(N)c(-c3ccc(NS(=O)(=O)C4CC4)cc3)n(CC3CC3)c2c1. The lowest BCUT2D eigenvalue weighted by Gasteiger charge is -2.13. The third-order valence-electron chi connectivity index (χ3n) is 5.83. The van der Waals surface area contributed by atoms with Gasteiger partial charge < -0.3 is 15.0 Å². The first-order chi connectivity index (χ1) is 14.0. The van der Waals surface area contributed by atoms with Gasteiger partial charge in [-0.3, -0.25) is 4.72 Å². The Morgan fingerprint density at radius 2 is 1.83 bits per heavy atom. The van der Waals surface area contributed by atoms with Gasteiger partial charge in [-0.15, -0.1) is 0 Å². The number of aromatic nitrogens is 1. The standard InChI is InChI=1S/C22H25N3O3S/c1-28-17-8-11-19-20(12-17)25(13-14-2-3-14)22(21(19)23)15-4-6-16(7-5-15)24-29(26,27)18-9-10-18/h4-8,11-12,14,18,24H,2-3,9-10,13,23H2,1H3. The molecular formula is C22H25N3O3S. The Hall–Kier alpha value is -2.67. The Bertz CT molecular complexity index is 1170. The van der Waals surface area contributed by atoms with E-state index in [-0.39, 0.29) is 5.25 Å². The molecule has 2 aromatic carbocycles. The number of nitrogens with one attached hydrogen (secondary N) is 1. The van der Waals surface area contributed by atoms with Crippen LogP contribution in [-0.4, -0.2) is 25.3 Å². The van der Waals surface area contributed by atoms with Crippen LogP contribution >= 0.6 is 0 Å². The summed E-state index contributed by atoms with van der Waals surface area (Å²) in [5, 5.41) is 0.772. The summed E-state index contributed by atoms with van der Waals surface area (Å²) in [5.74, 6) is 1.49. The number of rotatable bonds is 7. The average molecular weight is 412 g/mol. The summed E-state index contributed by atoms with van der Waals surface area (Å²) in [7, 11) is -1.60. The minimum absolute atomic E-state index is 0.242. The van der Waals surface area contributed by atoms with Gasteiger partial charge in [0.05, 0.1) is 29.3 Å². The molecule has 0 amide bonds. The van der Waals surface area contributed by atoms with Gasteiger partial charge in [0.1, 0.15) is 5.75 Å². The fourth-order valence-electron chi connectivity index (χ4n) is 3.86. The highest BCUT2D eigenvalue weighted by molar-refractivity contribution is 7.93. The molecule has 2 saturated carbocycles. The van der Waals surface area contributed by atoms with Crippen molar-refractivity contribution in [2.45, 2.75) is 37.5 Å². The summed E-state index contributed by atoms with van der Waals surface area (Å²) in [6.07, 6.45) is 3.97. The smallest absolute Gasteiger partial charge is 0.235 e. The largest absolute Gasteiger partial charge is 0.497 e. The molecule has 152 valence electrons. The highest BCUT2D eigenvalue weighted by atomic mass is 32.2. The lowest BCUT2D eigenvalue weighted by molar-refractivity contribution is 0.415. The summed E-state index contributed by atoms with van der Waals surface area (Å²) >= 11 is 0. The molecule has 0 saturated heterocycles. The van der Waals surface area contributed by atoms with Crippen LogP contribution < -0.4 is 15.2 Å². The van der Waals surface area contributed by atoms with E-state index in [4.69, 9.17) is 10.5 Å². The number of nitrogens with two attached hydrogens (primary N) is 1. The Labute approximate surface area is 170 Å². The Morgan fingerprint density at radius 1 is 1.10 bits per heavy atom. The fraction of sp³-hybridized carbons (Fsp3) is 0.364. The van der Waals surface area contributed by atoms with Gasteiger partial charge >= 0.3 is 0 Å². The van der Waals surface area contributed by atoms with E-state index in [1.54, 1.807) is 7.11 Å². The van der Waals surface area contributed by atoms with E-state index < -0.39 is 10.0 Å². The summed E-state index contributed by atoms with van der Waals surface area (Å²) in [4.78, 5) is 0. The molecular weight excluding hydrogens is 386 g/mol. The number of anilines is 2. The van der Waals surface area contributed by atoms with Crippen molar-refractivity contribution in [1.29, 1.82) is 0 Å². The van der Waals surface area contributed by atoms with Crippen molar-refractivity contribution in [2.75, 3.05) is 17.6 Å². The van der Waals surface area contributed by atoms with Crippen LogP contribution in [0.2, 0.25) is 0 Å². The quantitative estimate of drug-likeness (QED) is 0.610. The third-order valence-corrected chi connectivity index (χ3v) is 7.70. The monoisotopic (exact) mass is 411 g/mol. The molecule has 2 aliphatic carbocycles. The van der Waals surface area contributed by atoms with Gasteiger partial charge in [0.2, 0.25) is 10.0 Å². The maximum absolute atomic E-state index is 12.2. The van der Waals surface area contributed by atoms with E-state index in [0.29, 0.717) is 11.6 Å². The zero-order chi connectivity index (χ0) is 20.2. The molecule has 1 aromatic heterocycles. The van der Waals surface area contributed by atoms with E-state index in [2.05, 4.69) is 9.29 Å². The third kappa shape index (κ3) is 3.44. The number of ether oxygens (including phenoxy) is 1. The van der Waals surface area contributed by atoms with Crippen molar-refractivity contribution in [3.8, 4) is 17.0 Å². The highest BCUT2D eigenvalue weighted by Crippen LogP contribution is 2.41. The van der Waals surface area contributed by atoms with Crippen LogP contribution in [0.15, 0.2) is 42.5 Å². The molecule has 29 heavy (non-hydrogen) atoms. The predicted molar refractivity (Wildman–Crippen MR) is 117 cm³/mol. The summed E-state index contributed by atoms with van der Waals surface area (Å²) in [5.41, 5.74) is 10.9. The number of fused-ring (bicyclic) bond motifs is 1. The molecule has 0 unspecified atom stereocenters. The van der Waals surface area contributed by atoms with E-state index in [1.807, 2.05) is 42.5 Å². The predicted octanol–water partition coefficient (Wildman–Crippen LogP) is 4.21. The number of hydrogen-bond acceptors (Lipinski definition) is 4. The molecule has 2 fully saturated rings. The van der Waals surface area contributed by atoms with Crippen LogP contribution in [0.25, 0.3) is 22.2 Å². The molecule has 0 atom stereocenters. The van der Waals surface area contributed by atoms with Crippen LogP contribution in [0.1, 0.15) is 25.7 Å². The van der Waals surface area contributed by atoms with Gasteiger partial charge in [0.15, 0.2) is 0 Å². The van der Waals surface area contributed by atoms with Crippen molar-refractivity contribution < 1.29 is 13.2 Å². The van der Waals surface area contributed by atoms with Gasteiger partial charge in [0, 0.05) is 29.2 Å². The van der Waals surface area contributed by atoms with E-state index in [1.165, 1.54) is 12.8 Å².